The maximum atomic E-state index is 11.3. The van der Waals surface area contributed by atoms with E-state index in [1.165, 1.54) is 0 Å². The molecule has 2 atom stereocenters. The second-order valence-corrected chi connectivity index (χ2v) is 5.85. The number of ether oxygens (including phenoxy) is 1. The molecule has 0 unspecified atom stereocenters. The summed E-state index contributed by atoms with van der Waals surface area (Å²) in [4.78, 5) is 18.5. The van der Waals surface area contributed by atoms with Crippen molar-refractivity contribution in [3.63, 3.8) is 0 Å². The van der Waals surface area contributed by atoms with Crippen molar-refractivity contribution in [1.29, 1.82) is 0 Å². The fourth-order valence-corrected chi connectivity index (χ4v) is 2.86. The van der Waals surface area contributed by atoms with E-state index in [0.29, 0.717) is 23.3 Å². The zero-order valence-electron chi connectivity index (χ0n) is 13.1. The van der Waals surface area contributed by atoms with Gasteiger partial charge >= 0.3 is 5.69 Å². The first-order valence-electron chi connectivity index (χ1n) is 7.63. The molecule has 0 saturated carbocycles. The molecule has 3 heterocycles. The molecule has 1 aliphatic rings. The number of aromatic nitrogens is 4. The summed E-state index contributed by atoms with van der Waals surface area (Å²) in [6, 6.07) is 9.80. The van der Waals surface area contributed by atoms with Crippen LogP contribution in [0, 0.1) is 5.92 Å². The minimum absolute atomic E-state index is 0. The molecule has 2 aromatic heterocycles. The van der Waals surface area contributed by atoms with Crippen molar-refractivity contribution in [2.24, 2.45) is 5.92 Å². The molecule has 1 aliphatic heterocycles. The average molecular weight is 348 g/mol. The summed E-state index contributed by atoms with van der Waals surface area (Å²) in [5.41, 5.74) is 0.224. The summed E-state index contributed by atoms with van der Waals surface area (Å²) in [7, 11) is 0. The molecular weight excluding hydrogens is 330 g/mol. The Balaban J connectivity index is 0.00000169. The molecule has 1 saturated heterocycles. The number of fused-ring (bicyclic) bond motifs is 1. The number of H-pyrrole nitrogens is 2. The highest BCUT2D eigenvalue weighted by Gasteiger charge is 2.26. The molecule has 1 aromatic carbocycles. The second kappa shape index (κ2) is 6.62. The first kappa shape index (κ1) is 16.5. The van der Waals surface area contributed by atoms with Crippen molar-refractivity contribution in [3.05, 3.63) is 40.8 Å². The molecule has 0 spiro atoms. The van der Waals surface area contributed by atoms with Crippen molar-refractivity contribution >= 4 is 23.2 Å². The topological polar surface area (TPSA) is 95.7 Å². The first-order valence-corrected chi connectivity index (χ1v) is 7.63. The standard InChI is InChI=1S/C16H17N5O2.ClH/c1-9-7-17-8-13(9)23-15-11-5-3-2-4-10(11)6-12(18-15)14-19-16(22)21-20-14;/h2-6,9,13,17H,7-8H2,1H3,(H2,19,20,21,22);1H/t9-,13-;/m1./s1. The SMILES string of the molecule is C[C@@H]1CNC[C@H]1Oc1nc(-c2n[nH]c(=O)[nH]2)cc2ccccc12.Cl. The number of nitrogens with zero attached hydrogens (tertiary/aromatic N) is 2. The summed E-state index contributed by atoms with van der Waals surface area (Å²) in [5, 5.41) is 11.6. The third kappa shape index (κ3) is 3.00. The van der Waals surface area contributed by atoms with Gasteiger partial charge in [-0.1, -0.05) is 25.1 Å². The lowest BCUT2D eigenvalue weighted by Gasteiger charge is -2.18. The third-order valence-corrected chi connectivity index (χ3v) is 4.16. The number of aromatic amines is 2. The highest BCUT2D eigenvalue weighted by molar-refractivity contribution is 5.89. The van der Waals surface area contributed by atoms with Crippen molar-refractivity contribution in [2.45, 2.75) is 13.0 Å². The van der Waals surface area contributed by atoms with E-state index in [0.717, 1.165) is 23.9 Å². The van der Waals surface area contributed by atoms with Crippen LogP contribution in [0.5, 0.6) is 5.88 Å². The minimum atomic E-state index is -0.356. The normalized spacial score (nSPS) is 20.0. The number of hydrogen-bond acceptors (Lipinski definition) is 5. The Kier molecular flexibility index (Phi) is 4.55. The van der Waals surface area contributed by atoms with Gasteiger partial charge in [0.1, 0.15) is 11.8 Å². The molecule has 7 nitrogen and oxygen atoms in total. The van der Waals surface area contributed by atoms with E-state index in [4.69, 9.17) is 4.74 Å². The van der Waals surface area contributed by atoms with Crippen LogP contribution < -0.4 is 15.7 Å². The number of rotatable bonds is 3. The summed E-state index contributed by atoms with van der Waals surface area (Å²) in [6.45, 7) is 3.90. The fraction of sp³-hybridized carbons (Fsp3) is 0.312. The van der Waals surface area contributed by atoms with Gasteiger partial charge in [-0.2, -0.15) is 5.10 Å². The van der Waals surface area contributed by atoms with Gasteiger partial charge in [0.15, 0.2) is 5.82 Å². The van der Waals surface area contributed by atoms with E-state index >= 15 is 0 Å². The summed E-state index contributed by atoms with van der Waals surface area (Å²) < 4.78 is 6.17. The predicted octanol–water partition coefficient (Wildman–Crippen LogP) is 1.72. The second-order valence-electron chi connectivity index (χ2n) is 5.85. The zero-order valence-corrected chi connectivity index (χ0v) is 13.9. The van der Waals surface area contributed by atoms with Gasteiger partial charge in [0.05, 0.1) is 0 Å². The van der Waals surface area contributed by atoms with E-state index in [2.05, 4.69) is 32.4 Å². The van der Waals surface area contributed by atoms with Crippen LogP contribution in [-0.2, 0) is 0 Å². The third-order valence-electron chi connectivity index (χ3n) is 4.16. The molecule has 3 N–H and O–H groups in total. The van der Waals surface area contributed by atoms with Crippen LogP contribution in [-0.4, -0.2) is 39.4 Å². The van der Waals surface area contributed by atoms with Crippen molar-refractivity contribution in [2.75, 3.05) is 13.1 Å². The highest BCUT2D eigenvalue weighted by atomic mass is 35.5. The van der Waals surface area contributed by atoms with Crippen LogP contribution in [0.25, 0.3) is 22.3 Å². The van der Waals surface area contributed by atoms with Gasteiger partial charge in [0, 0.05) is 24.4 Å². The Morgan fingerprint density at radius 3 is 2.79 bits per heavy atom. The predicted molar refractivity (Wildman–Crippen MR) is 93.6 cm³/mol. The lowest BCUT2D eigenvalue weighted by Crippen LogP contribution is -2.24. The Hall–Kier alpha value is -2.38. The number of halogens is 1. The fourth-order valence-electron chi connectivity index (χ4n) is 2.86. The van der Waals surface area contributed by atoms with Gasteiger partial charge in [-0.15, -0.1) is 12.4 Å². The minimum Gasteiger partial charge on any atom is -0.472 e. The molecule has 24 heavy (non-hydrogen) atoms. The van der Waals surface area contributed by atoms with Gasteiger partial charge in [0.25, 0.3) is 0 Å². The maximum Gasteiger partial charge on any atom is 0.340 e. The van der Waals surface area contributed by atoms with Crippen LogP contribution in [0.4, 0.5) is 0 Å². The summed E-state index contributed by atoms with van der Waals surface area (Å²) in [5.74, 6) is 1.40. The van der Waals surface area contributed by atoms with Gasteiger partial charge in [-0.3, -0.25) is 4.98 Å². The van der Waals surface area contributed by atoms with E-state index < -0.39 is 0 Å². The molecule has 0 aliphatic carbocycles. The molecule has 1 fully saturated rings. The van der Waals surface area contributed by atoms with E-state index in [9.17, 15) is 4.79 Å². The van der Waals surface area contributed by atoms with Crippen LogP contribution in [0.1, 0.15) is 6.92 Å². The van der Waals surface area contributed by atoms with E-state index in [1.807, 2.05) is 30.3 Å². The van der Waals surface area contributed by atoms with Gasteiger partial charge in [-0.05, 0) is 17.5 Å². The quantitative estimate of drug-likeness (QED) is 0.670. The largest absolute Gasteiger partial charge is 0.472 e. The van der Waals surface area contributed by atoms with Gasteiger partial charge < -0.3 is 10.1 Å². The number of benzene rings is 1. The molecule has 0 radical (unpaired) electrons. The number of hydrogen-bond donors (Lipinski definition) is 3. The molecule has 0 amide bonds. The van der Waals surface area contributed by atoms with Crippen LogP contribution in [0.15, 0.2) is 35.1 Å². The number of nitrogens with one attached hydrogen (secondary N) is 3. The highest BCUT2D eigenvalue weighted by Crippen LogP contribution is 2.29. The maximum absolute atomic E-state index is 11.3. The van der Waals surface area contributed by atoms with Gasteiger partial charge in [0.2, 0.25) is 5.88 Å². The molecule has 8 heteroatoms. The van der Waals surface area contributed by atoms with Crippen LogP contribution in [0.2, 0.25) is 0 Å². The van der Waals surface area contributed by atoms with E-state index in [-0.39, 0.29) is 24.2 Å². The Morgan fingerprint density at radius 1 is 1.25 bits per heavy atom. The monoisotopic (exact) mass is 347 g/mol. The Morgan fingerprint density at radius 2 is 2.08 bits per heavy atom. The average Bonchev–Trinajstić information content (AvgIpc) is 3.16. The molecule has 4 rings (SSSR count). The van der Waals surface area contributed by atoms with Crippen molar-refractivity contribution in [1.82, 2.24) is 25.5 Å². The Bertz CT molecular complexity index is 907. The summed E-state index contributed by atoms with van der Waals surface area (Å²) >= 11 is 0. The van der Waals surface area contributed by atoms with Crippen molar-refractivity contribution in [3.8, 4) is 17.4 Å². The lowest BCUT2D eigenvalue weighted by atomic mass is 10.1. The van der Waals surface area contributed by atoms with Gasteiger partial charge in [-0.25, -0.2) is 14.9 Å². The van der Waals surface area contributed by atoms with Crippen molar-refractivity contribution < 1.29 is 4.74 Å². The van der Waals surface area contributed by atoms with Crippen LogP contribution in [0.3, 0.4) is 0 Å². The first-order chi connectivity index (χ1) is 11.2. The summed E-state index contributed by atoms with van der Waals surface area (Å²) in [6.07, 6.45) is 0.0828. The molecule has 3 aromatic rings. The lowest BCUT2D eigenvalue weighted by molar-refractivity contribution is 0.178. The molecular formula is C16H18ClN5O2. The van der Waals surface area contributed by atoms with E-state index in [1.54, 1.807) is 0 Å². The molecule has 126 valence electrons. The zero-order chi connectivity index (χ0) is 15.8. The molecule has 0 bridgehead atoms. The smallest absolute Gasteiger partial charge is 0.340 e. The number of pyridine rings is 1. The van der Waals surface area contributed by atoms with Crippen LogP contribution >= 0.6 is 12.4 Å². The Labute approximate surface area is 144 Å².